The van der Waals surface area contributed by atoms with Gasteiger partial charge in [-0.1, -0.05) is 55.2 Å². The average Bonchev–Trinajstić information content (AvgIpc) is 2.97. The van der Waals surface area contributed by atoms with Crippen LogP contribution in [-0.2, 0) is 11.2 Å². The highest BCUT2D eigenvalue weighted by Crippen LogP contribution is 2.36. The maximum Gasteiger partial charge on any atom is 0.270 e. The van der Waals surface area contributed by atoms with E-state index in [0.29, 0.717) is 9.23 Å². The molecule has 3 nitrogen and oxygen atoms in total. The molecule has 0 unspecified atom stereocenters. The summed E-state index contributed by atoms with van der Waals surface area (Å²) in [6.07, 6.45) is 2.90. The lowest BCUT2D eigenvalue weighted by Gasteiger charge is -2.20. The fourth-order valence-electron chi connectivity index (χ4n) is 3.09. The number of anilines is 2. The van der Waals surface area contributed by atoms with Crippen LogP contribution >= 0.6 is 24.0 Å². The van der Waals surface area contributed by atoms with Crippen molar-refractivity contribution < 1.29 is 4.79 Å². The van der Waals surface area contributed by atoms with E-state index in [1.54, 1.807) is 4.90 Å². The lowest BCUT2D eigenvalue weighted by Crippen LogP contribution is -2.27. The molecule has 1 fully saturated rings. The minimum atomic E-state index is -0.0536. The van der Waals surface area contributed by atoms with Crippen molar-refractivity contribution >= 4 is 51.7 Å². The number of benzene rings is 2. The Bertz CT molecular complexity index is 853. The third-order valence-electron chi connectivity index (χ3n) is 4.72. The summed E-state index contributed by atoms with van der Waals surface area (Å²) < 4.78 is 0.579. The van der Waals surface area contributed by atoms with Crippen LogP contribution in [0.15, 0.2) is 53.4 Å². The summed E-state index contributed by atoms with van der Waals surface area (Å²) in [4.78, 5) is 17.5. The van der Waals surface area contributed by atoms with Crippen LogP contribution in [0.1, 0.15) is 31.9 Å². The van der Waals surface area contributed by atoms with E-state index in [1.165, 1.54) is 23.0 Å². The highest BCUT2D eigenvalue weighted by atomic mass is 32.2. The first-order chi connectivity index (χ1) is 13.1. The van der Waals surface area contributed by atoms with Crippen LogP contribution in [0, 0.1) is 0 Å². The molecule has 0 spiro atoms. The Morgan fingerprint density at radius 1 is 1.00 bits per heavy atom. The molecular weight excluding hydrogens is 372 g/mol. The number of aryl methyl sites for hydroxylation is 1. The van der Waals surface area contributed by atoms with Crippen molar-refractivity contribution in [2.45, 2.75) is 27.2 Å². The Labute approximate surface area is 171 Å². The van der Waals surface area contributed by atoms with Gasteiger partial charge in [0.15, 0.2) is 4.32 Å². The zero-order chi connectivity index (χ0) is 19.4. The van der Waals surface area contributed by atoms with Crippen molar-refractivity contribution in [3.63, 3.8) is 0 Å². The van der Waals surface area contributed by atoms with Crippen LogP contribution in [0.2, 0.25) is 0 Å². The van der Waals surface area contributed by atoms with E-state index in [2.05, 4.69) is 49.9 Å². The number of nitrogens with zero attached hydrogens (tertiary/aromatic N) is 2. The van der Waals surface area contributed by atoms with Gasteiger partial charge in [0.25, 0.3) is 5.91 Å². The second kappa shape index (κ2) is 8.72. The van der Waals surface area contributed by atoms with Gasteiger partial charge in [0, 0.05) is 18.8 Å². The molecule has 2 aromatic rings. The zero-order valence-corrected chi connectivity index (χ0v) is 17.6. The maximum absolute atomic E-state index is 12.9. The molecule has 1 aliphatic heterocycles. The molecule has 0 atom stereocenters. The summed E-state index contributed by atoms with van der Waals surface area (Å²) in [5.74, 6) is -0.0536. The lowest BCUT2D eigenvalue weighted by molar-refractivity contribution is -0.113. The summed E-state index contributed by atoms with van der Waals surface area (Å²) in [5.41, 5.74) is 4.27. The topological polar surface area (TPSA) is 23.6 Å². The van der Waals surface area contributed by atoms with Crippen molar-refractivity contribution in [1.29, 1.82) is 0 Å². The molecule has 3 rings (SSSR count). The second-order valence-electron chi connectivity index (χ2n) is 6.30. The van der Waals surface area contributed by atoms with Crippen LogP contribution in [0.25, 0.3) is 6.08 Å². The molecule has 1 amide bonds. The third kappa shape index (κ3) is 4.25. The third-order valence-corrected chi connectivity index (χ3v) is 6.02. The van der Waals surface area contributed by atoms with E-state index < -0.39 is 0 Å². The summed E-state index contributed by atoms with van der Waals surface area (Å²) >= 11 is 6.82. The Balaban J connectivity index is 1.81. The van der Waals surface area contributed by atoms with Gasteiger partial charge in [-0.15, -0.1) is 0 Å². The quantitative estimate of drug-likeness (QED) is 0.475. The largest absolute Gasteiger partial charge is 0.372 e. The molecule has 0 bridgehead atoms. The second-order valence-corrected chi connectivity index (χ2v) is 7.98. The number of carbonyl (C=O) groups is 1. The van der Waals surface area contributed by atoms with Crippen molar-refractivity contribution in [2.24, 2.45) is 0 Å². The van der Waals surface area contributed by atoms with Gasteiger partial charge in [-0.3, -0.25) is 9.69 Å². The van der Waals surface area contributed by atoms with Crippen LogP contribution in [0.5, 0.6) is 0 Å². The minimum Gasteiger partial charge on any atom is -0.372 e. The van der Waals surface area contributed by atoms with Gasteiger partial charge >= 0.3 is 0 Å². The highest BCUT2D eigenvalue weighted by molar-refractivity contribution is 8.27. The Kier molecular flexibility index (Phi) is 6.34. The normalized spacial score (nSPS) is 15.7. The molecule has 0 radical (unpaired) electrons. The summed E-state index contributed by atoms with van der Waals surface area (Å²) in [6.45, 7) is 8.37. The molecule has 140 valence electrons. The van der Waals surface area contributed by atoms with Crippen molar-refractivity contribution in [3.8, 4) is 0 Å². The van der Waals surface area contributed by atoms with E-state index in [-0.39, 0.29) is 5.91 Å². The van der Waals surface area contributed by atoms with Crippen LogP contribution in [-0.4, -0.2) is 23.3 Å². The van der Waals surface area contributed by atoms with Gasteiger partial charge in [0.1, 0.15) is 0 Å². The van der Waals surface area contributed by atoms with E-state index in [0.717, 1.165) is 30.8 Å². The van der Waals surface area contributed by atoms with Gasteiger partial charge in [0.2, 0.25) is 0 Å². The van der Waals surface area contributed by atoms with E-state index in [9.17, 15) is 4.79 Å². The maximum atomic E-state index is 12.9. The van der Waals surface area contributed by atoms with Crippen LogP contribution in [0.3, 0.4) is 0 Å². The molecule has 27 heavy (non-hydrogen) atoms. The first-order valence-corrected chi connectivity index (χ1v) is 10.5. The number of hydrogen-bond acceptors (Lipinski definition) is 4. The van der Waals surface area contributed by atoms with Crippen molar-refractivity contribution in [3.05, 3.63) is 64.6 Å². The predicted octanol–water partition coefficient (Wildman–Crippen LogP) is 5.50. The van der Waals surface area contributed by atoms with Crippen molar-refractivity contribution in [1.82, 2.24) is 0 Å². The average molecular weight is 397 g/mol. The summed E-state index contributed by atoms with van der Waals surface area (Å²) in [6, 6.07) is 16.3. The van der Waals surface area contributed by atoms with E-state index in [1.807, 2.05) is 30.3 Å². The molecule has 0 aliphatic carbocycles. The molecule has 5 heteroatoms. The number of amides is 1. The SMILES string of the molecule is CCc1ccc(N2C(=O)C(=Cc3ccc(N(CC)CC)cc3)SC2=S)cc1. The minimum absolute atomic E-state index is 0.0536. The molecule has 1 heterocycles. The molecule has 0 aromatic heterocycles. The fraction of sp³-hybridized carbons (Fsp3) is 0.273. The lowest BCUT2D eigenvalue weighted by atomic mass is 10.1. The van der Waals surface area contributed by atoms with Gasteiger partial charge in [0.05, 0.1) is 10.6 Å². The number of thioether (sulfide) groups is 1. The Hall–Kier alpha value is -2.11. The van der Waals surface area contributed by atoms with Crippen LogP contribution < -0.4 is 9.80 Å². The van der Waals surface area contributed by atoms with Crippen molar-refractivity contribution in [2.75, 3.05) is 22.9 Å². The molecule has 2 aromatic carbocycles. The molecule has 1 saturated heterocycles. The molecule has 0 N–H and O–H groups in total. The highest BCUT2D eigenvalue weighted by Gasteiger charge is 2.33. The van der Waals surface area contributed by atoms with Gasteiger partial charge in [-0.05, 0) is 61.7 Å². The Morgan fingerprint density at radius 3 is 2.19 bits per heavy atom. The number of hydrogen-bond donors (Lipinski definition) is 0. The Morgan fingerprint density at radius 2 is 1.63 bits per heavy atom. The van der Waals surface area contributed by atoms with Gasteiger partial charge in [-0.2, -0.15) is 0 Å². The standard InChI is InChI=1S/C22H24N2OS2/c1-4-16-7-13-19(14-8-16)24-21(25)20(27-22(24)26)15-17-9-11-18(12-10-17)23(5-2)6-3/h7-15H,4-6H2,1-3H3. The number of carbonyl (C=O) groups excluding carboxylic acids is 1. The summed E-state index contributed by atoms with van der Waals surface area (Å²) in [5, 5.41) is 0. The number of thiocarbonyl (C=S) groups is 1. The molecule has 1 aliphatic rings. The first-order valence-electron chi connectivity index (χ1n) is 9.29. The van der Waals surface area contributed by atoms with E-state index in [4.69, 9.17) is 12.2 Å². The first kappa shape index (κ1) is 19.6. The fourth-order valence-corrected chi connectivity index (χ4v) is 4.39. The smallest absolute Gasteiger partial charge is 0.270 e. The van der Waals surface area contributed by atoms with Gasteiger partial charge < -0.3 is 4.90 Å². The zero-order valence-electron chi connectivity index (χ0n) is 15.9. The molecular formula is C22H24N2OS2. The van der Waals surface area contributed by atoms with Gasteiger partial charge in [-0.25, -0.2) is 0 Å². The molecule has 0 saturated carbocycles. The number of rotatable bonds is 6. The van der Waals surface area contributed by atoms with Crippen LogP contribution in [0.4, 0.5) is 11.4 Å². The summed E-state index contributed by atoms with van der Waals surface area (Å²) in [7, 11) is 0. The predicted molar refractivity (Wildman–Crippen MR) is 121 cm³/mol. The monoisotopic (exact) mass is 396 g/mol. The van der Waals surface area contributed by atoms with E-state index >= 15 is 0 Å².